The first-order chi connectivity index (χ1) is 13.4. The molecular formula is C21H26N4O3. The third-order valence-electron chi connectivity index (χ3n) is 5.28. The number of amides is 1. The molecule has 1 fully saturated rings. The van der Waals surface area contributed by atoms with E-state index < -0.39 is 4.92 Å². The third-order valence-corrected chi connectivity index (χ3v) is 5.28. The summed E-state index contributed by atoms with van der Waals surface area (Å²) in [7, 11) is 2.04. The van der Waals surface area contributed by atoms with Crippen LogP contribution in [0.15, 0.2) is 42.5 Å². The van der Waals surface area contributed by atoms with E-state index in [9.17, 15) is 14.9 Å². The predicted molar refractivity (Wildman–Crippen MR) is 110 cm³/mol. The Kier molecular flexibility index (Phi) is 5.94. The molecule has 1 aliphatic heterocycles. The molecule has 2 aromatic rings. The van der Waals surface area contributed by atoms with Gasteiger partial charge in [0, 0.05) is 37.8 Å². The Bertz CT molecular complexity index is 876. The molecule has 1 atom stereocenters. The van der Waals surface area contributed by atoms with E-state index in [-0.39, 0.29) is 17.6 Å². The van der Waals surface area contributed by atoms with Crippen molar-refractivity contribution in [3.8, 4) is 0 Å². The molecule has 148 valence electrons. The van der Waals surface area contributed by atoms with Crippen molar-refractivity contribution < 1.29 is 9.72 Å². The van der Waals surface area contributed by atoms with Crippen molar-refractivity contribution in [1.29, 1.82) is 0 Å². The van der Waals surface area contributed by atoms with E-state index in [2.05, 4.69) is 10.2 Å². The van der Waals surface area contributed by atoms with Crippen LogP contribution in [0.3, 0.4) is 0 Å². The Morgan fingerprint density at radius 3 is 2.46 bits per heavy atom. The Labute approximate surface area is 165 Å². The van der Waals surface area contributed by atoms with E-state index in [1.165, 1.54) is 6.07 Å². The van der Waals surface area contributed by atoms with Crippen LogP contribution >= 0.6 is 0 Å². The lowest BCUT2D eigenvalue weighted by atomic mass is 10.0. The molecule has 1 amide bonds. The molecule has 3 rings (SSSR count). The van der Waals surface area contributed by atoms with Crippen molar-refractivity contribution in [1.82, 2.24) is 10.2 Å². The number of nitrogens with one attached hydrogen (secondary N) is 1. The minimum atomic E-state index is -0.408. The van der Waals surface area contributed by atoms with E-state index in [4.69, 9.17) is 0 Å². The van der Waals surface area contributed by atoms with Gasteiger partial charge in [0.15, 0.2) is 0 Å². The summed E-state index contributed by atoms with van der Waals surface area (Å²) >= 11 is 0. The number of piperazine rings is 1. The fraction of sp³-hybridized carbons (Fsp3) is 0.381. The Balaban J connectivity index is 1.80. The van der Waals surface area contributed by atoms with Gasteiger partial charge in [-0.2, -0.15) is 0 Å². The average molecular weight is 382 g/mol. The van der Waals surface area contributed by atoms with Crippen LogP contribution in [-0.4, -0.2) is 49.0 Å². The zero-order valence-corrected chi connectivity index (χ0v) is 16.5. The molecule has 7 heteroatoms. The highest BCUT2D eigenvalue weighted by molar-refractivity contribution is 5.96. The van der Waals surface area contributed by atoms with Gasteiger partial charge < -0.3 is 15.1 Å². The van der Waals surface area contributed by atoms with Gasteiger partial charge in [0.05, 0.1) is 11.0 Å². The third kappa shape index (κ3) is 4.31. The lowest BCUT2D eigenvalue weighted by molar-refractivity contribution is -0.384. The van der Waals surface area contributed by atoms with Crippen molar-refractivity contribution in [2.75, 3.05) is 38.1 Å². The second kappa shape index (κ2) is 8.39. The zero-order valence-electron chi connectivity index (χ0n) is 16.5. The quantitative estimate of drug-likeness (QED) is 0.635. The molecule has 7 nitrogen and oxygen atoms in total. The zero-order chi connectivity index (χ0) is 20.3. The van der Waals surface area contributed by atoms with E-state index >= 15 is 0 Å². The van der Waals surface area contributed by atoms with Crippen LogP contribution in [0.4, 0.5) is 11.4 Å². The normalized spacial score (nSPS) is 15.9. The molecule has 0 aromatic heterocycles. The number of aryl methyl sites for hydroxylation is 1. The van der Waals surface area contributed by atoms with Crippen molar-refractivity contribution >= 4 is 17.3 Å². The predicted octanol–water partition coefficient (Wildman–Crippen LogP) is 3.15. The molecule has 0 aliphatic carbocycles. The Morgan fingerprint density at radius 1 is 1.14 bits per heavy atom. The highest BCUT2D eigenvalue weighted by Crippen LogP contribution is 2.30. The van der Waals surface area contributed by atoms with Gasteiger partial charge in [0.25, 0.3) is 11.6 Å². The Morgan fingerprint density at radius 2 is 1.82 bits per heavy atom. The van der Waals surface area contributed by atoms with Crippen LogP contribution in [0.25, 0.3) is 0 Å². The number of hydrogen-bond acceptors (Lipinski definition) is 5. The highest BCUT2D eigenvalue weighted by Gasteiger charge is 2.24. The number of carbonyl (C=O) groups excluding carboxylic acids is 1. The van der Waals surface area contributed by atoms with Gasteiger partial charge in [-0.15, -0.1) is 0 Å². The van der Waals surface area contributed by atoms with Gasteiger partial charge in [-0.25, -0.2) is 0 Å². The number of rotatable bonds is 5. The first-order valence-electron chi connectivity index (χ1n) is 9.45. The summed E-state index contributed by atoms with van der Waals surface area (Å²) in [5, 5.41) is 14.6. The van der Waals surface area contributed by atoms with Gasteiger partial charge in [-0.05, 0) is 44.2 Å². The molecule has 1 saturated heterocycles. The van der Waals surface area contributed by atoms with Gasteiger partial charge in [0.2, 0.25) is 0 Å². The van der Waals surface area contributed by atoms with Gasteiger partial charge in [-0.3, -0.25) is 14.9 Å². The molecule has 1 aliphatic rings. The molecule has 0 spiro atoms. The van der Waals surface area contributed by atoms with Crippen LogP contribution in [0.1, 0.15) is 34.5 Å². The first kappa shape index (κ1) is 19.8. The average Bonchev–Trinajstić information content (AvgIpc) is 2.68. The molecule has 0 saturated carbocycles. The van der Waals surface area contributed by atoms with Crippen molar-refractivity contribution in [2.45, 2.75) is 19.9 Å². The number of nitro groups is 1. The van der Waals surface area contributed by atoms with E-state index in [1.54, 1.807) is 12.1 Å². The van der Waals surface area contributed by atoms with Crippen molar-refractivity contribution in [3.05, 3.63) is 69.3 Å². The minimum absolute atomic E-state index is 0.0271. The second-order valence-electron chi connectivity index (χ2n) is 7.30. The minimum Gasteiger partial charge on any atom is -0.363 e. The fourth-order valence-corrected chi connectivity index (χ4v) is 3.56. The molecule has 1 heterocycles. The maximum atomic E-state index is 12.7. The second-order valence-corrected chi connectivity index (χ2v) is 7.30. The van der Waals surface area contributed by atoms with Crippen LogP contribution < -0.4 is 10.2 Å². The molecule has 0 bridgehead atoms. The summed E-state index contributed by atoms with van der Waals surface area (Å²) in [6, 6.07) is 12.4. The number of anilines is 1. The summed E-state index contributed by atoms with van der Waals surface area (Å²) in [6.07, 6.45) is 0. The van der Waals surface area contributed by atoms with Crippen LogP contribution in [0, 0.1) is 17.0 Å². The lowest BCUT2D eigenvalue weighted by Gasteiger charge is -2.33. The molecule has 2 aromatic carbocycles. The molecular weight excluding hydrogens is 356 g/mol. The number of nitro benzene ring substituents is 1. The topological polar surface area (TPSA) is 78.7 Å². The lowest BCUT2D eigenvalue weighted by Crippen LogP contribution is -2.44. The van der Waals surface area contributed by atoms with E-state index in [0.29, 0.717) is 11.3 Å². The van der Waals surface area contributed by atoms with Gasteiger partial charge in [-0.1, -0.05) is 24.3 Å². The number of benzene rings is 2. The number of carbonyl (C=O) groups is 1. The summed E-state index contributed by atoms with van der Waals surface area (Å²) in [5.74, 6) is -0.316. The molecule has 0 unspecified atom stereocenters. The van der Waals surface area contributed by atoms with Crippen LogP contribution in [-0.2, 0) is 0 Å². The SMILES string of the molecule is Cc1ccccc1[C@H](C)NC(=O)c1ccc(N2CCN(C)CC2)c([N+](=O)[O-])c1. The summed E-state index contributed by atoms with van der Waals surface area (Å²) < 4.78 is 0. The monoisotopic (exact) mass is 382 g/mol. The molecule has 1 N–H and O–H groups in total. The smallest absolute Gasteiger partial charge is 0.293 e. The highest BCUT2D eigenvalue weighted by atomic mass is 16.6. The number of hydrogen-bond donors (Lipinski definition) is 1. The van der Waals surface area contributed by atoms with Crippen molar-refractivity contribution in [3.63, 3.8) is 0 Å². The number of nitrogens with zero attached hydrogens (tertiary/aromatic N) is 3. The summed E-state index contributed by atoms with van der Waals surface area (Å²) in [6.45, 7) is 7.07. The summed E-state index contributed by atoms with van der Waals surface area (Å²) in [5.41, 5.74) is 2.96. The van der Waals surface area contributed by atoms with Crippen molar-refractivity contribution in [2.24, 2.45) is 0 Å². The standard InChI is InChI=1S/C21H26N4O3/c1-15-6-4-5-7-18(15)16(2)22-21(26)17-8-9-19(20(14-17)25(27)28)24-12-10-23(3)11-13-24/h4-9,14,16H,10-13H2,1-3H3,(H,22,26)/t16-/m0/s1. The first-order valence-corrected chi connectivity index (χ1v) is 9.45. The van der Waals surface area contributed by atoms with E-state index in [1.807, 2.05) is 50.1 Å². The molecule has 0 radical (unpaired) electrons. The molecule has 28 heavy (non-hydrogen) atoms. The fourth-order valence-electron chi connectivity index (χ4n) is 3.56. The van der Waals surface area contributed by atoms with Gasteiger partial charge in [0.1, 0.15) is 5.69 Å². The maximum Gasteiger partial charge on any atom is 0.293 e. The summed E-state index contributed by atoms with van der Waals surface area (Å²) in [4.78, 5) is 28.1. The van der Waals surface area contributed by atoms with Gasteiger partial charge >= 0.3 is 0 Å². The van der Waals surface area contributed by atoms with Crippen LogP contribution in [0.5, 0.6) is 0 Å². The maximum absolute atomic E-state index is 12.7. The Hall–Kier alpha value is -2.93. The number of likely N-dealkylation sites (N-methyl/N-ethyl adjacent to an activating group) is 1. The van der Waals surface area contributed by atoms with E-state index in [0.717, 1.165) is 37.3 Å². The van der Waals surface area contributed by atoms with Crippen LogP contribution in [0.2, 0.25) is 0 Å². The largest absolute Gasteiger partial charge is 0.363 e.